The van der Waals surface area contributed by atoms with Gasteiger partial charge in [0.2, 0.25) is 0 Å². The van der Waals surface area contributed by atoms with Crippen LogP contribution >= 0.6 is 0 Å². The highest BCUT2D eigenvalue weighted by Gasteiger charge is 2.41. The maximum atomic E-state index is 12.0. The molecule has 4 nitrogen and oxygen atoms in total. The first kappa shape index (κ1) is 13.7. The first-order valence-corrected chi connectivity index (χ1v) is 7.03. The van der Waals surface area contributed by atoms with Crippen LogP contribution in [-0.4, -0.2) is 43.8 Å². The molecule has 2 aliphatic rings. The van der Waals surface area contributed by atoms with Crippen LogP contribution in [0, 0.1) is 10.8 Å². The summed E-state index contributed by atoms with van der Waals surface area (Å²) < 4.78 is 5.39. The van der Waals surface area contributed by atoms with Gasteiger partial charge in [-0.15, -0.1) is 0 Å². The van der Waals surface area contributed by atoms with Crippen LogP contribution in [0.1, 0.15) is 40.0 Å². The number of likely N-dealkylation sites (tertiary alicyclic amines) is 1. The number of rotatable bonds is 1. The van der Waals surface area contributed by atoms with Crippen molar-refractivity contribution in [2.24, 2.45) is 10.8 Å². The number of ether oxygens (including phenoxy) is 1. The van der Waals surface area contributed by atoms with Gasteiger partial charge >= 0.3 is 6.09 Å². The minimum absolute atomic E-state index is 0.0411. The molecule has 0 unspecified atom stereocenters. The summed E-state index contributed by atoms with van der Waals surface area (Å²) >= 11 is 0. The lowest BCUT2D eigenvalue weighted by atomic mass is 9.80. The lowest BCUT2D eigenvalue weighted by Gasteiger charge is -2.33. The molecule has 0 aromatic rings. The Bertz CT molecular complexity index is 303. The van der Waals surface area contributed by atoms with Gasteiger partial charge in [-0.1, -0.05) is 20.8 Å². The number of nitrogens with zero attached hydrogens (tertiary/aromatic N) is 1. The molecule has 1 amide bonds. The molecular formula is C14H26N2O2. The molecule has 0 aromatic heterocycles. The average Bonchev–Trinajstić information content (AvgIpc) is 2.70. The second-order valence-electron chi connectivity index (χ2n) is 7.07. The Hall–Kier alpha value is -0.770. The van der Waals surface area contributed by atoms with Crippen molar-refractivity contribution in [2.45, 2.75) is 40.0 Å². The van der Waals surface area contributed by atoms with E-state index in [1.165, 1.54) is 12.8 Å². The number of nitrogens with one attached hydrogen (secondary N) is 1. The van der Waals surface area contributed by atoms with Crippen LogP contribution in [0.5, 0.6) is 0 Å². The van der Waals surface area contributed by atoms with Crippen molar-refractivity contribution in [2.75, 3.05) is 32.8 Å². The summed E-state index contributed by atoms with van der Waals surface area (Å²) in [6.45, 7) is 10.6. The van der Waals surface area contributed by atoms with Gasteiger partial charge in [0.15, 0.2) is 0 Å². The standard InChI is InChI=1S/C14H26N2O2/c1-13(2,3)11-18-12(17)16-8-6-14(10-16)5-4-7-15-9-14/h15H,4-11H2,1-3H3/t14-/m0/s1. The van der Waals surface area contributed by atoms with E-state index in [9.17, 15) is 4.79 Å². The molecule has 2 fully saturated rings. The lowest BCUT2D eigenvalue weighted by molar-refractivity contribution is 0.0737. The van der Waals surface area contributed by atoms with Gasteiger partial charge in [-0.25, -0.2) is 4.79 Å². The normalized spacial score (nSPS) is 28.7. The van der Waals surface area contributed by atoms with E-state index < -0.39 is 0 Å². The van der Waals surface area contributed by atoms with E-state index in [2.05, 4.69) is 26.1 Å². The third-order valence-corrected chi connectivity index (χ3v) is 3.89. The topological polar surface area (TPSA) is 41.6 Å². The molecule has 0 aliphatic carbocycles. The van der Waals surface area contributed by atoms with Gasteiger partial charge in [-0.2, -0.15) is 0 Å². The summed E-state index contributed by atoms with van der Waals surface area (Å²) in [5, 5.41) is 3.45. The van der Waals surface area contributed by atoms with Crippen molar-refractivity contribution in [3.8, 4) is 0 Å². The molecule has 2 heterocycles. The summed E-state index contributed by atoms with van der Waals surface area (Å²) in [4.78, 5) is 13.9. The molecule has 18 heavy (non-hydrogen) atoms. The van der Waals surface area contributed by atoms with Crippen molar-refractivity contribution < 1.29 is 9.53 Å². The van der Waals surface area contributed by atoms with E-state index in [-0.39, 0.29) is 11.5 Å². The Morgan fingerprint density at radius 3 is 2.78 bits per heavy atom. The van der Waals surface area contributed by atoms with E-state index >= 15 is 0 Å². The van der Waals surface area contributed by atoms with Crippen molar-refractivity contribution in [3.63, 3.8) is 0 Å². The van der Waals surface area contributed by atoms with Gasteiger partial charge in [0.1, 0.15) is 0 Å². The number of hydrogen-bond donors (Lipinski definition) is 1. The Morgan fingerprint density at radius 1 is 1.39 bits per heavy atom. The summed E-state index contributed by atoms with van der Waals surface area (Å²) in [6.07, 6.45) is 3.45. The van der Waals surface area contributed by atoms with Crippen LogP contribution in [0.3, 0.4) is 0 Å². The molecule has 1 spiro atoms. The molecule has 1 N–H and O–H groups in total. The van der Waals surface area contributed by atoms with Crippen LogP contribution in [0.2, 0.25) is 0 Å². The fraction of sp³-hybridized carbons (Fsp3) is 0.929. The molecule has 104 valence electrons. The third-order valence-electron chi connectivity index (χ3n) is 3.89. The third kappa shape index (κ3) is 3.37. The summed E-state index contributed by atoms with van der Waals surface area (Å²) in [5.41, 5.74) is 0.360. The highest BCUT2D eigenvalue weighted by atomic mass is 16.6. The second kappa shape index (κ2) is 5.08. The van der Waals surface area contributed by atoms with E-state index in [0.717, 1.165) is 32.6 Å². The van der Waals surface area contributed by atoms with E-state index in [1.54, 1.807) is 0 Å². The molecule has 0 saturated carbocycles. The van der Waals surface area contributed by atoms with Crippen molar-refractivity contribution >= 4 is 6.09 Å². The van der Waals surface area contributed by atoms with Crippen LogP contribution in [0.4, 0.5) is 4.79 Å². The minimum atomic E-state index is -0.132. The smallest absolute Gasteiger partial charge is 0.409 e. The quantitative estimate of drug-likeness (QED) is 0.780. The monoisotopic (exact) mass is 254 g/mol. The number of hydrogen-bond acceptors (Lipinski definition) is 3. The fourth-order valence-electron chi connectivity index (χ4n) is 2.84. The van der Waals surface area contributed by atoms with Gasteiger partial charge in [0, 0.05) is 25.0 Å². The van der Waals surface area contributed by atoms with Crippen molar-refractivity contribution in [1.29, 1.82) is 0 Å². The number of piperidine rings is 1. The van der Waals surface area contributed by atoms with Crippen LogP contribution in [0.25, 0.3) is 0 Å². The Labute approximate surface area is 110 Å². The average molecular weight is 254 g/mol. The molecule has 0 bridgehead atoms. The zero-order chi connectivity index (χ0) is 13.2. The SMILES string of the molecule is CC(C)(C)COC(=O)N1CC[C@]2(CCCNC2)C1. The minimum Gasteiger partial charge on any atom is -0.449 e. The molecular weight excluding hydrogens is 228 g/mol. The first-order chi connectivity index (χ1) is 8.40. The van der Waals surface area contributed by atoms with E-state index in [0.29, 0.717) is 12.0 Å². The van der Waals surface area contributed by atoms with Crippen LogP contribution in [-0.2, 0) is 4.74 Å². The van der Waals surface area contributed by atoms with Gasteiger partial charge in [0.25, 0.3) is 0 Å². The predicted molar refractivity (Wildman–Crippen MR) is 71.5 cm³/mol. The summed E-state index contributed by atoms with van der Waals surface area (Å²) in [5.74, 6) is 0. The number of carbonyl (C=O) groups excluding carboxylic acids is 1. The number of carbonyl (C=O) groups is 1. The van der Waals surface area contributed by atoms with Gasteiger partial charge in [-0.3, -0.25) is 0 Å². The maximum absolute atomic E-state index is 12.0. The highest BCUT2D eigenvalue weighted by molar-refractivity contribution is 5.68. The van der Waals surface area contributed by atoms with E-state index in [4.69, 9.17) is 4.74 Å². The molecule has 0 aromatic carbocycles. The lowest BCUT2D eigenvalue weighted by Crippen LogP contribution is -2.43. The first-order valence-electron chi connectivity index (χ1n) is 7.03. The van der Waals surface area contributed by atoms with Gasteiger partial charge in [-0.05, 0) is 31.2 Å². The summed E-state index contributed by atoms with van der Waals surface area (Å²) in [7, 11) is 0. The summed E-state index contributed by atoms with van der Waals surface area (Å²) in [6, 6.07) is 0. The molecule has 2 aliphatic heterocycles. The van der Waals surface area contributed by atoms with Crippen molar-refractivity contribution in [3.05, 3.63) is 0 Å². The Morgan fingerprint density at radius 2 is 2.17 bits per heavy atom. The van der Waals surface area contributed by atoms with Gasteiger partial charge in [0.05, 0.1) is 6.61 Å². The van der Waals surface area contributed by atoms with Gasteiger partial charge < -0.3 is 15.0 Å². The zero-order valence-electron chi connectivity index (χ0n) is 11.9. The predicted octanol–water partition coefficient (Wildman–Crippen LogP) is 2.24. The second-order valence-corrected chi connectivity index (χ2v) is 7.07. The fourth-order valence-corrected chi connectivity index (χ4v) is 2.84. The molecule has 1 atom stereocenters. The maximum Gasteiger partial charge on any atom is 0.409 e. The molecule has 2 rings (SSSR count). The molecule has 2 saturated heterocycles. The highest BCUT2D eigenvalue weighted by Crippen LogP contribution is 2.36. The molecule has 0 radical (unpaired) electrons. The Kier molecular flexibility index (Phi) is 3.85. The largest absolute Gasteiger partial charge is 0.449 e. The van der Waals surface area contributed by atoms with E-state index in [1.807, 2.05) is 4.90 Å². The molecule has 4 heteroatoms. The Balaban J connectivity index is 1.82. The van der Waals surface area contributed by atoms with Crippen LogP contribution in [0.15, 0.2) is 0 Å². The zero-order valence-corrected chi connectivity index (χ0v) is 11.9. The van der Waals surface area contributed by atoms with Crippen LogP contribution < -0.4 is 5.32 Å². The van der Waals surface area contributed by atoms with Crippen molar-refractivity contribution in [1.82, 2.24) is 10.2 Å². The number of amides is 1.